The van der Waals surface area contributed by atoms with E-state index in [2.05, 4.69) is 10.3 Å². The lowest BCUT2D eigenvalue weighted by atomic mass is 9.77. The van der Waals surface area contributed by atoms with Crippen LogP contribution in [-0.4, -0.2) is 40.5 Å². The molecular weight excluding hydrogens is 266 g/mol. The average Bonchev–Trinajstić information content (AvgIpc) is 2.27. The lowest BCUT2D eigenvalue weighted by Gasteiger charge is -2.38. The third-order valence-electron chi connectivity index (χ3n) is 3.21. The summed E-state index contributed by atoms with van der Waals surface area (Å²) >= 11 is 0. The van der Waals surface area contributed by atoms with Crippen LogP contribution in [0.3, 0.4) is 0 Å². The first-order valence-corrected chi connectivity index (χ1v) is 5.89. The van der Waals surface area contributed by atoms with Crippen LogP contribution >= 0.6 is 12.4 Å². The molecule has 0 aliphatic carbocycles. The second kappa shape index (κ2) is 6.57. The van der Waals surface area contributed by atoms with E-state index >= 15 is 0 Å². The van der Waals surface area contributed by atoms with Crippen molar-refractivity contribution < 1.29 is 14.8 Å². The summed E-state index contributed by atoms with van der Waals surface area (Å²) in [5.41, 5.74) is -1.40. The van der Waals surface area contributed by atoms with Gasteiger partial charge in [-0.3, -0.25) is 0 Å². The number of aliphatic hydroxyl groups is 1. The van der Waals surface area contributed by atoms with E-state index in [1.54, 1.807) is 46.9 Å². The Kier molecular flexibility index (Phi) is 6.28. The Bertz CT molecular complexity index is 393. The van der Waals surface area contributed by atoms with Gasteiger partial charge in [-0.1, -0.05) is 6.07 Å². The summed E-state index contributed by atoms with van der Waals surface area (Å²) in [5, 5.41) is 22.8. The molecule has 1 aromatic rings. The Morgan fingerprint density at radius 2 is 1.84 bits per heavy atom. The largest absolute Gasteiger partial charge is 0.493 e. The summed E-state index contributed by atoms with van der Waals surface area (Å²) in [6, 6.07) is 3.48. The van der Waals surface area contributed by atoms with Crippen molar-refractivity contribution in [1.29, 1.82) is 0 Å². The highest BCUT2D eigenvalue weighted by Gasteiger charge is 2.39. The lowest BCUT2D eigenvalue weighted by Crippen LogP contribution is -2.53. The van der Waals surface area contributed by atoms with Crippen LogP contribution in [0.15, 0.2) is 18.3 Å². The van der Waals surface area contributed by atoms with Crippen LogP contribution in [0.4, 0.5) is 5.82 Å². The van der Waals surface area contributed by atoms with Gasteiger partial charge in [0, 0.05) is 18.7 Å². The average molecular weight is 289 g/mol. The fraction of sp³-hybridized carbons (Fsp3) is 0.583. The number of hydrogen-bond donors (Lipinski definition) is 3. The van der Waals surface area contributed by atoms with E-state index in [-0.39, 0.29) is 12.4 Å². The van der Waals surface area contributed by atoms with Gasteiger partial charge in [0.25, 0.3) is 0 Å². The minimum Gasteiger partial charge on any atom is -0.423 e. The van der Waals surface area contributed by atoms with Gasteiger partial charge in [-0.2, -0.15) is 0 Å². The third kappa shape index (κ3) is 4.65. The smallest absolute Gasteiger partial charge is 0.423 e. The van der Waals surface area contributed by atoms with Crippen molar-refractivity contribution in [2.24, 2.45) is 0 Å². The molecule has 7 heteroatoms. The van der Waals surface area contributed by atoms with Gasteiger partial charge in [-0.25, -0.2) is 4.98 Å². The minimum absolute atomic E-state index is 0. The molecule has 0 amide bonds. The van der Waals surface area contributed by atoms with Gasteiger partial charge >= 0.3 is 7.12 Å². The van der Waals surface area contributed by atoms with Crippen molar-refractivity contribution >= 4 is 30.8 Å². The number of hydrogen-bond acceptors (Lipinski definition) is 5. The SMILES string of the molecule is CNc1ccc(B(O)OC(C)(C)C(C)(C)O)cn1.Cl. The highest BCUT2D eigenvalue weighted by Crippen LogP contribution is 2.25. The van der Waals surface area contributed by atoms with E-state index in [4.69, 9.17) is 4.65 Å². The van der Waals surface area contributed by atoms with Gasteiger partial charge in [0.15, 0.2) is 0 Å². The van der Waals surface area contributed by atoms with Crippen LogP contribution in [0, 0.1) is 0 Å². The molecule has 0 saturated carbocycles. The fourth-order valence-corrected chi connectivity index (χ4v) is 1.19. The number of anilines is 1. The molecule has 1 heterocycles. The zero-order valence-electron chi connectivity index (χ0n) is 12.0. The quantitative estimate of drug-likeness (QED) is 0.699. The molecule has 1 aromatic heterocycles. The van der Waals surface area contributed by atoms with E-state index in [0.29, 0.717) is 11.3 Å². The molecule has 0 unspecified atom stereocenters. The summed E-state index contributed by atoms with van der Waals surface area (Å²) in [4.78, 5) is 4.10. The number of nitrogens with zero attached hydrogens (tertiary/aromatic N) is 1. The fourth-order valence-electron chi connectivity index (χ4n) is 1.19. The molecule has 0 atom stereocenters. The zero-order valence-corrected chi connectivity index (χ0v) is 12.8. The molecule has 0 radical (unpaired) electrons. The van der Waals surface area contributed by atoms with Crippen LogP contribution < -0.4 is 10.8 Å². The molecule has 0 aromatic carbocycles. The molecule has 0 fully saturated rings. The maximum Gasteiger partial charge on any atom is 0.493 e. The first-order valence-electron chi connectivity index (χ1n) is 5.89. The summed E-state index contributed by atoms with van der Waals surface area (Å²) < 4.78 is 5.51. The Morgan fingerprint density at radius 3 is 2.21 bits per heavy atom. The number of halogens is 1. The molecule has 0 saturated heterocycles. The number of pyridine rings is 1. The van der Waals surface area contributed by atoms with Crippen LogP contribution in [0.2, 0.25) is 0 Å². The molecular formula is C12H22BClN2O3. The molecule has 0 spiro atoms. The summed E-state index contributed by atoms with van der Waals surface area (Å²) in [6.07, 6.45) is 1.54. The van der Waals surface area contributed by atoms with Crippen molar-refractivity contribution in [3.8, 4) is 0 Å². The highest BCUT2D eigenvalue weighted by atomic mass is 35.5. The second-order valence-corrected chi connectivity index (χ2v) is 5.27. The molecule has 0 aliphatic rings. The van der Waals surface area contributed by atoms with Crippen LogP contribution in [0.25, 0.3) is 0 Å². The van der Waals surface area contributed by atoms with E-state index in [9.17, 15) is 10.1 Å². The maximum absolute atomic E-state index is 9.99. The third-order valence-corrected chi connectivity index (χ3v) is 3.21. The topological polar surface area (TPSA) is 74.6 Å². The Hall–Kier alpha value is -0.815. The van der Waals surface area contributed by atoms with E-state index < -0.39 is 18.3 Å². The van der Waals surface area contributed by atoms with Crippen molar-refractivity contribution in [2.45, 2.75) is 38.9 Å². The maximum atomic E-state index is 9.99. The minimum atomic E-state index is -1.12. The summed E-state index contributed by atoms with van der Waals surface area (Å²) in [6.45, 7) is 6.74. The normalized spacial score (nSPS) is 11.7. The number of rotatable bonds is 5. The van der Waals surface area contributed by atoms with Gasteiger partial charge in [0.2, 0.25) is 0 Å². The van der Waals surface area contributed by atoms with Crippen molar-refractivity contribution in [1.82, 2.24) is 4.98 Å². The Labute approximate surface area is 121 Å². The molecule has 0 bridgehead atoms. The number of aromatic nitrogens is 1. The zero-order chi connectivity index (χ0) is 14.0. The first-order chi connectivity index (χ1) is 8.17. The van der Waals surface area contributed by atoms with Gasteiger partial charge in [0.1, 0.15) is 5.82 Å². The molecule has 5 nitrogen and oxygen atoms in total. The summed E-state index contributed by atoms with van der Waals surface area (Å²) in [5.74, 6) is 0.715. The standard InChI is InChI=1S/C12H21BN2O3.ClH/c1-11(2,16)12(3,4)18-13(17)9-6-7-10(14-5)15-8-9;/h6-8,16-17H,1-5H3,(H,14,15);1H. The van der Waals surface area contributed by atoms with Gasteiger partial charge in [-0.05, 0) is 33.8 Å². The Morgan fingerprint density at radius 1 is 1.26 bits per heavy atom. The second-order valence-electron chi connectivity index (χ2n) is 5.27. The highest BCUT2D eigenvalue weighted by molar-refractivity contribution is 6.60. The number of nitrogens with one attached hydrogen (secondary N) is 1. The summed E-state index contributed by atoms with van der Waals surface area (Å²) in [7, 11) is 0.650. The van der Waals surface area contributed by atoms with E-state index in [1.807, 2.05) is 0 Å². The van der Waals surface area contributed by atoms with Crippen LogP contribution in [0.1, 0.15) is 27.7 Å². The first kappa shape index (κ1) is 18.2. The van der Waals surface area contributed by atoms with Crippen LogP contribution in [-0.2, 0) is 4.65 Å². The van der Waals surface area contributed by atoms with E-state index in [1.165, 1.54) is 6.20 Å². The van der Waals surface area contributed by atoms with Gasteiger partial charge in [0.05, 0.1) is 11.2 Å². The van der Waals surface area contributed by atoms with Gasteiger partial charge in [-0.15, -0.1) is 12.4 Å². The van der Waals surface area contributed by atoms with Crippen molar-refractivity contribution in [3.05, 3.63) is 18.3 Å². The van der Waals surface area contributed by atoms with Crippen molar-refractivity contribution in [2.75, 3.05) is 12.4 Å². The Balaban J connectivity index is 0.00000324. The van der Waals surface area contributed by atoms with Crippen LogP contribution in [0.5, 0.6) is 0 Å². The molecule has 1 rings (SSSR count). The molecule has 108 valence electrons. The van der Waals surface area contributed by atoms with Crippen molar-refractivity contribution in [3.63, 3.8) is 0 Å². The predicted molar refractivity (Wildman–Crippen MR) is 80.1 cm³/mol. The molecule has 0 aliphatic heterocycles. The van der Waals surface area contributed by atoms with Gasteiger partial charge < -0.3 is 20.1 Å². The monoisotopic (exact) mass is 288 g/mol. The molecule has 3 N–H and O–H groups in total. The predicted octanol–water partition coefficient (Wildman–Crippen LogP) is 0.799. The van der Waals surface area contributed by atoms with E-state index in [0.717, 1.165) is 0 Å². The lowest BCUT2D eigenvalue weighted by molar-refractivity contribution is -0.0982. The molecule has 19 heavy (non-hydrogen) atoms.